The average molecular weight is 443 g/mol. The molecule has 1 aromatic heterocycles. The number of carbonyl (C=O) groups is 1. The van der Waals surface area contributed by atoms with Crippen molar-refractivity contribution in [3.05, 3.63) is 12.5 Å². The van der Waals surface area contributed by atoms with Crippen molar-refractivity contribution in [2.45, 2.75) is 73.9 Å². The van der Waals surface area contributed by atoms with Gasteiger partial charge in [0, 0.05) is 25.8 Å². The second-order valence-electron chi connectivity index (χ2n) is 8.48. The van der Waals surface area contributed by atoms with Crippen molar-refractivity contribution in [2.75, 3.05) is 19.8 Å². The first-order valence-electron chi connectivity index (χ1n) is 10.5. The van der Waals surface area contributed by atoms with Gasteiger partial charge in [-0.2, -0.15) is 4.31 Å². The molecule has 30 heavy (non-hydrogen) atoms. The molecule has 0 unspecified atom stereocenters. The smallest absolute Gasteiger partial charge is 0.262 e. The van der Waals surface area contributed by atoms with E-state index in [2.05, 4.69) is 10.3 Å². The van der Waals surface area contributed by atoms with Crippen LogP contribution in [-0.4, -0.2) is 83.4 Å². The van der Waals surface area contributed by atoms with Crippen LogP contribution in [0.15, 0.2) is 17.6 Å². The Labute approximate surface area is 176 Å². The number of nitrogens with zero attached hydrogens (tertiary/aromatic N) is 3. The van der Waals surface area contributed by atoms with Gasteiger partial charge >= 0.3 is 0 Å². The summed E-state index contributed by atoms with van der Waals surface area (Å²) in [5.41, 5.74) is 0. The third kappa shape index (κ3) is 4.70. The molecule has 3 heterocycles. The number of amides is 1. The molecule has 3 fully saturated rings. The number of aryl methyl sites for hydroxylation is 1. The lowest BCUT2D eigenvalue weighted by Gasteiger charge is -2.43. The number of rotatable bonds is 5. The van der Waals surface area contributed by atoms with Crippen molar-refractivity contribution in [1.82, 2.24) is 19.2 Å². The summed E-state index contributed by atoms with van der Waals surface area (Å²) in [6.45, 7) is 0.0978. The Morgan fingerprint density at radius 2 is 2.10 bits per heavy atom. The molecular weight excluding hydrogens is 412 g/mol. The fourth-order valence-electron chi connectivity index (χ4n) is 4.26. The summed E-state index contributed by atoms with van der Waals surface area (Å²) in [7, 11) is -2.21. The predicted octanol–water partition coefficient (Wildman–Crippen LogP) is -0.223. The van der Waals surface area contributed by atoms with Gasteiger partial charge < -0.3 is 24.5 Å². The lowest BCUT2D eigenvalue weighted by Crippen LogP contribution is -2.57. The first-order valence-corrected chi connectivity index (χ1v) is 12.0. The van der Waals surface area contributed by atoms with Gasteiger partial charge in [-0.1, -0.05) is 0 Å². The molecule has 1 aromatic rings. The largest absolute Gasteiger partial charge is 0.389 e. The molecule has 2 saturated heterocycles. The minimum absolute atomic E-state index is 0.0215. The predicted molar refractivity (Wildman–Crippen MR) is 106 cm³/mol. The van der Waals surface area contributed by atoms with E-state index in [1.807, 2.05) is 0 Å². The molecule has 11 heteroatoms. The molecule has 10 nitrogen and oxygen atoms in total. The number of sulfonamides is 1. The highest BCUT2D eigenvalue weighted by Crippen LogP contribution is 2.31. The summed E-state index contributed by atoms with van der Waals surface area (Å²) >= 11 is 0. The Bertz CT molecular complexity index is 855. The summed E-state index contributed by atoms with van der Waals surface area (Å²) in [4.78, 5) is 16.3. The molecule has 0 aromatic carbocycles. The highest BCUT2D eigenvalue weighted by molar-refractivity contribution is 7.89. The number of β-amino-alcohol motifs (C(OH)–C–C–N with tert-alkyl or cyclic N) is 1. The summed E-state index contributed by atoms with van der Waals surface area (Å²) in [6, 6.07) is -0.211. The molecule has 1 saturated carbocycles. The molecule has 2 N–H and O–H groups in total. The van der Waals surface area contributed by atoms with Gasteiger partial charge in [-0.25, -0.2) is 13.4 Å². The Morgan fingerprint density at radius 1 is 1.30 bits per heavy atom. The van der Waals surface area contributed by atoms with Crippen molar-refractivity contribution in [2.24, 2.45) is 7.05 Å². The molecule has 0 spiro atoms. The van der Waals surface area contributed by atoms with Crippen molar-refractivity contribution >= 4 is 15.9 Å². The third-order valence-electron chi connectivity index (χ3n) is 6.07. The van der Waals surface area contributed by atoms with E-state index in [9.17, 15) is 18.3 Å². The Hall–Kier alpha value is -1.53. The maximum absolute atomic E-state index is 13.3. The number of aliphatic hydroxyl groups is 1. The number of hydrogen-bond acceptors (Lipinski definition) is 7. The zero-order valence-corrected chi connectivity index (χ0v) is 18.0. The lowest BCUT2D eigenvalue weighted by atomic mass is 9.92. The number of imidazole rings is 1. The summed E-state index contributed by atoms with van der Waals surface area (Å²) in [5, 5.41) is 13.2. The van der Waals surface area contributed by atoms with E-state index in [1.165, 1.54) is 16.8 Å². The zero-order chi connectivity index (χ0) is 21.3. The highest BCUT2D eigenvalue weighted by Gasteiger charge is 2.44. The standard InChI is InChI=1S/C19H30N4O6S/c1-22-9-19(20-12-22)30(26,27)23-8-14(24)10-28-11-17-16(23)6-5-15(29-17)7-18(25)21-13-3-2-4-13/h9,12-17,24H,2-8,10-11H2,1H3,(H,21,25)/t14-,15+,16-,17+/m1/s1. The van der Waals surface area contributed by atoms with Crippen molar-refractivity contribution in [3.8, 4) is 0 Å². The molecule has 4 atom stereocenters. The number of fused-ring (bicyclic) bond motifs is 1. The van der Waals surface area contributed by atoms with Gasteiger partial charge in [-0.3, -0.25) is 4.79 Å². The molecule has 0 radical (unpaired) electrons. The van der Waals surface area contributed by atoms with Crippen molar-refractivity contribution < 1.29 is 27.8 Å². The molecule has 1 aliphatic carbocycles. The van der Waals surface area contributed by atoms with Crippen molar-refractivity contribution in [1.29, 1.82) is 0 Å². The first kappa shape index (κ1) is 21.7. The minimum Gasteiger partial charge on any atom is -0.389 e. The van der Waals surface area contributed by atoms with Gasteiger partial charge in [0.15, 0.2) is 5.03 Å². The molecule has 4 rings (SSSR count). The van der Waals surface area contributed by atoms with Gasteiger partial charge in [0.25, 0.3) is 10.0 Å². The van der Waals surface area contributed by atoms with Crippen LogP contribution >= 0.6 is 0 Å². The van der Waals surface area contributed by atoms with E-state index in [0.29, 0.717) is 12.8 Å². The third-order valence-corrected chi connectivity index (χ3v) is 7.85. The van der Waals surface area contributed by atoms with Gasteiger partial charge in [0.2, 0.25) is 5.91 Å². The van der Waals surface area contributed by atoms with Gasteiger partial charge in [-0.15, -0.1) is 0 Å². The first-order chi connectivity index (χ1) is 14.3. The van der Waals surface area contributed by atoms with Gasteiger partial charge in [0.05, 0.1) is 50.3 Å². The number of hydrogen-bond donors (Lipinski definition) is 2. The van der Waals surface area contributed by atoms with E-state index in [1.54, 1.807) is 11.6 Å². The summed E-state index contributed by atoms with van der Waals surface area (Å²) in [5.74, 6) is -0.0247. The second-order valence-corrected chi connectivity index (χ2v) is 10.3. The highest BCUT2D eigenvalue weighted by atomic mass is 32.2. The van der Waals surface area contributed by atoms with Crippen LogP contribution in [0.2, 0.25) is 0 Å². The van der Waals surface area contributed by atoms with E-state index in [-0.39, 0.29) is 49.3 Å². The van der Waals surface area contributed by atoms with E-state index < -0.39 is 28.3 Å². The van der Waals surface area contributed by atoms with Crippen LogP contribution in [0, 0.1) is 0 Å². The molecule has 1 amide bonds. The Balaban J connectivity index is 1.47. The van der Waals surface area contributed by atoms with Crippen molar-refractivity contribution in [3.63, 3.8) is 0 Å². The van der Waals surface area contributed by atoms with Crippen LogP contribution in [-0.2, 0) is 31.3 Å². The number of ether oxygens (including phenoxy) is 2. The quantitative estimate of drug-likeness (QED) is 0.646. The lowest BCUT2D eigenvalue weighted by molar-refractivity contribution is -0.147. The molecule has 0 bridgehead atoms. The molecular formula is C19H30N4O6S. The molecule has 3 aliphatic rings. The van der Waals surface area contributed by atoms with E-state index >= 15 is 0 Å². The summed E-state index contributed by atoms with van der Waals surface area (Å²) in [6.07, 6.45) is 5.70. The van der Waals surface area contributed by atoms with E-state index in [0.717, 1.165) is 19.3 Å². The van der Waals surface area contributed by atoms with Crippen LogP contribution in [0.3, 0.4) is 0 Å². The number of aromatic nitrogens is 2. The second kappa shape index (κ2) is 8.91. The molecule has 168 valence electrons. The Kier molecular flexibility index (Phi) is 6.44. The topological polar surface area (TPSA) is 123 Å². The van der Waals surface area contributed by atoms with Crippen LogP contribution in [0.5, 0.6) is 0 Å². The monoisotopic (exact) mass is 442 g/mol. The Morgan fingerprint density at radius 3 is 2.77 bits per heavy atom. The average Bonchev–Trinajstić information content (AvgIpc) is 3.09. The number of nitrogens with one attached hydrogen (secondary N) is 1. The van der Waals surface area contributed by atoms with Gasteiger partial charge in [0.1, 0.15) is 0 Å². The zero-order valence-electron chi connectivity index (χ0n) is 17.1. The fraction of sp³-hybridized carbons (Fsp3) is 0.789. The van der Waals surface area contributed by atoms with Crippen LogP contribution in [0.1, 0.15) is 38.5 Å². The number of aliphatic hydroxyl groups excluding tert-OH is 1. The van der Waals surface area contributed by atoms with Gasteiger partial charge in [-0.05, 0) is 32.1 Å². The minimum atomic E-state index is -3.91. The van der Waals surface area contributed by atoms with Crippen LogP contribution in [0.4, 0.5) is 0 Å². The maximum atomic E-state index is 13.3. The summed E-state index contributed by atoms with van der Waals surface area (Å²) < 4.78 is 41.1. The SMILES string of the molecule is Cn1cnc(S(=O)(=O)N2C[C@@H](O)COC[C@@H]3O[C@H](CC(=O)NC4CCC4)CC[C@H]32)c1. The molecule has 2 aliphatic heterocycles. The van der Waals surface area contributed by atoms with Crippen LogP contribution in [0.25, 0.3) is 0 Å². The maximum Gasteiger partial charge on any atom is 0.262 e. The fourth-order valence-corrected chi connectivity index (χ4v) is 5.95. The van der Waals surface area contributed by atoms with Crippen LogP contribution < -0.4 is 5.32 Å². The number of carbonyl (C=O) groups excluding carboxylic acids is 1. The normalized spacial score (nSPS) is 31.3. The van der Waals surface area contributed by atoms with E-state index in [4.69, 9.17) is 9.47 Å².